The molecule has 2 heterocycles. The van der Waals surface area contributed by atoms with E-state index in [1.54, 1.807) is 6.20 Å². The van der Waals surface area contributed by atoms with Crippen molar-refractivity contribution in [2.75, 3.05) is 25.0 Å². The molecule has 3 N–H and O–H groups in total. The van der Waals surface area contributed by atoms with Gasteiger partial charge in [-0.15, -0.1) is 5.10 Å². The van der Waals surface area contributed by atoms with Crippen molar-refractivity contribution in [2.24, 2.45) is 5.73 Å². The number of nitrogens with zero attached hydrogens (tertiary/aromatic N) is 3. The van der Waals surface area contributed by atoms with Crippen LogP contribution in [0.2, 0.25) is 0 Å². The van der Waals surface area contributed by atoms with E-state index in [-0.39, 0.29) is 5.91 Å². The molecule has 1 aromatic heterocycles. The molecule has 6 nitrogen and oxygen atoms in total. The standard InChI is InChI=1S/C15H19N5O/c16-14(21)10-20-7-5-12(6-8-20)18-15-13-4-2-1-3-11(13)9-17-19-15/h1-4,9,12H,5-8,10H2,(H2,16,21)(H,18,19). The van der Waals surface area contributed by atoms with Crippen LogP contribution in [0, 0.1) is 0 Å². The number of fused-ring (bicyclic) bond motifs is 1. The molecule has 1 amide bonds. The Morgan fingerprint density at radius 3 is 2.86 bits per heavy atom. The van der Waals surface area contributed by atoms with Gasteiger partial charge in [0.1, 0.15) is 0 Å². The second-order valence-corrected chi connectivity index (χ2v) is 5.44. The maximum absolute atomic E-state index is 10.9. The molecule has 3 rings (SSSR count). The lowest BCUT2D eigenvalue weighted by atomic mass is 10.0. The van der Waals surface area contributed by atoms with Crippen LogP contribution < -0.4 is 11.1 Å². The molecule has 0 saturated carbocycles. The summed E-state index contributed by atoms with van der Waals surface area (Å²) in [6.45, 7) is 2.10. The van der Waals surface area contributed by atoms with Crippen LogP contribution >= 0.6 is 0 Å². The number of aromatic nitrogens is 2. The first-order valence-electron chi connectivity index (χ1n) is 7.20. The third kappa shape index (κ3) is 3.28. The monoisotopic (exact) mass is 285 g/mol. The molecule has 6 heteroatoms. The molecule has 1 fully saturated rings. The van der Waals surface area contributed by atoms with Gasteiger partial charge in [0, 0.05) is 29.9 Å². The van der Waals surface area contributed by atoms with Crippen LogP contribution in [0.4, 0.5) is 5.82 Å². The van der Waals surface area contributed by atoms with Crippen molar-refractivity contribution in [1.29, 1.82) is 0 Å². The molecule has 110 valence electrons. The molecule has 21 heavy (non-hydrogen) atoms. The van der Waals surface area contributed by atoms with E-state index < -0.39 is 0 Å². The lowest BCUT2D eigenvalue weighted by molar-refractivity contribution is -0.119. The number of carbonyl (C=O) groups is 1. The summed E-state index contributed by atoms with van der Waals surface area (Å²) in [5.74, 6) is 0.572. The van der Waals surface area contributed by atoms with Gasteiger partial charge in [-0.3, -0.25) is 9.69 Å². The van der Waals surface area contributed by atoms with E-state index >= 15 is 0 Å². The molecule has 2 aromatic rings. The Hall–Kier alpha value is -2.21. The number of hydrogen-bond donors (Lipinski definition) is 2. The van der Waals surface area contributed by atoms with Crippen molar-refractivity contribution in [3.05, 3.63) is 30.5 Å². The van der Waals surface area contributed by atoms with E-state index in [1.807, 2.05) is 18.2 Å². The topological polar surface area (TPSA) is 84.1 Å². The minimum Gasteiger partial charge on any atom is -0.369 e. The van der Waals surface area contributed by atoms with E-state index in [1.165, 1.54) is 0 Å². The van der Waals surface area contributed by atoms with Crippen LogP contribution in [0.5, 0.6) is 0 Å². The number of piperidine rings is 1. The molecule has 1 aliphatic rings. The van der Waals surface area contributed by atoms with Crippen LogP contribution in [0.15, 0.2) is 30.5 Å². The number of carbonyl (C=O) groups excluding carboxylic acids is 1. The predicted molar refractivity (Wildman–Crippen MR) is 81.8 cm³/mol. The first kappa shape index (κ1) is 13.8. The lowest BCUT2D eigenvalue weighted by Crippen LogP contribution is -2.43. The highest BCUT2D eigenvalue weighted by Crippen LogP contribution is 2.22. The zero-order chi connectivity index (χ0) is 14.7. The normalized spacial score (nSPS) is 17.0. The molecule has 1 aliphatic heterocycles. The zero-order valence-electron chi connectivity index (χ0n) is 11.8. The van der Waals surface area contributed by atoms with Crippen molar-refractivity contribution >= 4 is 22.5 Å². The van der Waals surface area contributed by atoms with Gasteiger partial charge < -0.3 is 11.1 Å². The molecular weight excluding hydrogens is 266 g/mol. The van der Waals surface area contributed by atoms with Gasteiger partial charge in [-0.25, -0.2) is 0 Å². The molecule has 0 spiro atoms. The third-order valence-corrected chi connectivity index (χ3v) is 3.88. The van der Waals surface area contributed by atoms with Crippen molar-refractivity contribution in [1.82, 2.24) is 15.1 Å². The quantitative estimate of drug-likeness (QED) is 0.875. The summed E-state index contributed by atoms with van der Waals surface area (Å²) in [7, 11) is 0. The summed E-state index contributed by atoms with van der Waals surface area (Å²) in [4.78, 5) is 13.0. The number of nitrogens with one attached hydrogen (secondary N) is 1. The average molecular weight is 285 g/mol. The number of benzene rings is 1. The summed E-state index contributed by atoms with van der Waals surface area (Å²) >= 11 is 0. The number of rotatable bonds is 4. The van der Waals surface area contributed by atoms with Crippen LogP contribution in [0.25, 0.3) is 10.8 Å². The van der Waals surface area contributed by atoms with Crippen LogP contribution in [0.3, 0.4) is 0 Å². The molecule has 0 aliphatic carbocycles. The summed E-state index contributed by atoms with van der Waals surface area (Å²) in [5, 5.41) is 13.9. The molecule has 1 aromatic carbocycles. The first-order chi connectivity index (χ1) is 10.2. The van der Waals surface area contributed by atoms with E-state index in [4.69, 9.17) is 5.73 Å². The minimum atomic E-state index is -0.263. The maximum atomic E-state index is 10.9. The van der Waals surface area contributed by atoms with Crippen molar-refractivity contribution in [3.63, 3.8) is 0 Å². The van der Waals surface area contributed by atoms with Gasteiger partial charge in [-0.05, 0) is 12.8 Å². The maximum Gasteiger partial charge on any atom is 0.231 e. The number of primary amides is 1. The first-order valence-corrected chi connectivity index (χ1v) is 7.20. The number of nitrogens with two attached hydrogens (primary N) is 1. The van der Waals surface area contributed by atoms with Crippen LogP contribution in [-0.4, -0.2) is 46.7 Å². The highest BCUT2D eigenvalue weighted by molar-refractivity contribution is 5.90. The Balaban J connectivity index is 1.66. The van der Waals surface area contributed by atoms with Gasteiger partial charge in [0.2, 0.25) is 5.91 Å². The van der Waals surface area contributed by atoms with Gasteiger partial charge in [-0.2, -0.15) is 5.10 Å². The SMILES string of the molecule is NC(=O)CN1CCC(Nc2nncc3ccccc23)CC1. The fourth-order valence-electron chi connectivity index (χ4n) is 2.78. The van der Waals surface area contributed by atoms with E-state index in [9.17, 15) is 4.79 Å². The predicted octanol–water partition coefficient (Wildman–Crippen LogP) is 0.991. The Labute approximate surface area is 123 Å². The van der Waals surface area contributed by atoms with Gasteiger partial charge in [-0.1, -0.05) is 24.3 Å². The second kappa shape index (κ2) is 6.05. The Morgan fingerprint density at radius 1 is 1.33 bits per heavy atom. The Morgan fingerprint density at radius 2 is 2.10 bits per heavy atom. The smallest absolute Gasteiger partial charge is 0.231 e. The molecule has 0 unspecified atom stereocenters. The van der Waals surface area contributed by atoms with Crippen molar-refractivity contribution < 1.29 is 4.79 Å². The summed E-state index contributed by atoms with van der Waals surface area (Å²) in [6, 6.07) is 8.44. The highest BCUT2D eigenvalue weighted by atomic mass is 16.1. The number of amides is 1. The van der Waals surface area contributed by atoms with Gasteiger partial charge >= 0.3 is 0 Å². The third-order valence-electron chi connectivity index (χ3n) is 3.88. The molecule has 0 bridgehead atoms. The fourth-order valence-corrected chi connectivity index (χ4v) is 2.78. The fraction of sp³-hybridized carbons (Fsp3) is 0.400. The van der Waals surface area contributed by atoms with Crippen LogP contribution in [0.1, 0.15) is 12.8 Å². The summed E-state index contributed by atoms with van der Waals surface area (Å²) in [5.41, 5.74) is 5.23. The number of likely N-dealkylation sites (tertiary alicyclic amines) is 1. The van der Waals surface area contributed by atoms with Gasteiger partial charge in [0.25, 0.3) is 0 Å². The van der Waals surface area contributed by atoms with Crippen LogP contribution in [-0.2, 0) is 4.79 Å². The summed E-state index contributed by atoms with van der Waals surface area (Å²) in [6.07, 6.45) is 3.71. The van der Waals surface area contributed by atoms with E-state index in [0.29, 0.717) is 12.6 Å². The highest BCUT2D eigenvalue weighted by Gasteiger charge is 2.20. The van der Waals surface area contributed by atoms with Crippen molar-refractivity contribution in [3.8, 4) is 0 Å². The molecular formula is C15H19N5O. The Bertz CT molecular complexity index is 632. The molecule has 1 saturated heterocycles. The Kier molecular flexibility index (Phi) is 3.96. The van der Waals surface area contributed by atoms with E-state index in [0.717, 1.165) is 42.5 Å². The van der Waals surface area contributed by atoms with Crippen molar-refractivity contribution in [2.45, 2.75) is 18.9 Å². The minimum absolute atomic E-state index is 0.263. The lowest BCUT2D eigenvalue weighted by Gasteiger charge is -2.31. The average Bonchev–Trinajstić information content (AvgIpc) is 2.49. The largest absolute Gasteiger partial charge is 0.369 e. The second-order valence-electron chi connectivity index (χ2n) is 5.44. The van der Waals surface area contributed by atoms with Gasteiger partial charge in [0.05, 0.1) is 12.7 Å². The number of anilines is 1. The summed E-state index contributed by atoms with van der Waals surface area (Å²) < 4.78 is 0. The molecule has 0 radical (unpaired) electrons. The van der Waals surface area contributed by atoms with E-state index in [2.05, 4.69) is 26.5 Å². The van der Waals surface area contributed by atoms with Gasteiger partial charge in [0.15, 0.2) is 5.82 Å². The zero-order valence-corrected chi connectivity index (χ0v) is 11.8. The molecule has 0 atom stereocenters. The number of hydrogen-bond acceptors (Lipinski definition) is 5.